The van der Waals surface area contributed by atoms with Gasteiger partial charge in [0.15, 0.2) is 0 Å². The van der Waals surface area contributed by atoms with Gasteiger partial charge in [-0.2, -0.15) is 5.10 Å². The molecule has 0 bridgehead atoms. The van der Waals surface area contributed by atoms with Crippen LogP contribution in [0.1, 0.15) is 57.6 Å². The molecular formula is C23H30N4O5. The number of furan rings is 2. The first-order valence-electron chi connectivity index (χ1n) is 11.0. The molecule has 32 heavy (non-hydrogen) atoms. The average Bonchev–Trinajstić information content (AvgIpc) is 3.48. The Kier molecular flexibility index (Phi) is 6.36. The molecule has 2 aromatic rings. The lowest BCUT2D eigenvalue weighted by Gasteiger charge is -2.33. The van der Waals surface area contributed by atoms with E-state index in [-0.39, 0.29) is 24.5 Å². The first-order chi connectivity index (χ1) is 15.3. The minimum atomic E-state index is -0.521. The predicted molar refractivity (Wildman–Crippen MR) is 117 cm³/mol. The number of hydrogen-bond acceptors (Lipinski definition) is 7. The maximum Gasteiger partial charge on any atom is 0.407 e. The lowest BCUT2D eigenvalue weighted by Crippen LogP contribution is -2.48. The number of carbonyl (C=O) groups is 2. The molecule has 9 nitrogen and oxygen atoms in total. The third-order valence-corrected chi connectivity index (χ3v) is 5.51. The second-order valence-electron chi connectivity index (χ2n) is 9.19. The molecule has 4 heterocycles. The molecule has 0 radical (unpaired) electrons. The van der Waals surface area contributed by atoms with Gasteiger partial charge in [0.25, 0.3) is 5.91 Å². The van der Waals surface area contributed by atoms with Crippen molar-refractivity contribution in [1.82, 2.24) is 15.2 Å². The largest absolute Gasteiger partial charge is 0.467 e. The highest BCUT2D eigenvalue weighted by atomic mass is 16.6. The van der Waals surface area contributed by atoms with Crippen molar-refractivity contribution >= 4 is 17.7 Å². The molecule has 2 aromatic heterocycles. The predicted octanol–water partition coefficient (Wildman–Crippen LogP) is 3.54. The van der Waals surface area contributed by atoms with Gasteiger partial charge in [0, 0.05) is 25.6 Å². The van der Waals surface area contributed by atoms with E-state index in [2.05, 4.69) is 15.3 Å². The highest BCUT2D eigenvalue weighted by Crippen LogP contribution is 2.33. The van der Waals surface area contributed by atoms with Crippen LogP contribution in [0.5, 0.6) is 0 Å². The Labute approximate surface area is 187 Å². The van der Waals surface area contributed by atoms with Crippen molar-refractivity contribution in [1.29, 1.82) is 0 Å². The van der Waals surface area contributed by atoms with Crippen LogP contribution in [0.25, 0.3) is 0 Å². The summed E-state index contributed by atoms with van der Waals surface area (Å²) in [6.45, 7) is 7.20. The number of alkyl carbamates (subject to hydrolysis) is 1. The summed E-state index contributed by atoms with van der Waals surface area (Å²) in [5, 5.41) is 9.01. The molecule has 0 spiro atoms. The minimum Gasteiger partial charge on any atom is -0.467 e. The van der Waals surface area contributed by atoms with Crippen molar-refractivity contribution in [2.24, 2.45) is 5.10 Å². The number of piperidine rings is 1. The highest BCUT2D eigenvalue weighted by Gasteiger charge is 2.36. The van der Waals surface area contributed by atoms with Crippen molar-refractivity contribution in [3.8, 4) is 0 Å². The SMILES string of the molecule is CC(C)(C)OC(=O)NC1CCN(CC(=O)N2N=C(c3ccco3)CC2c2ccco2)CC1. The Morgan fingerprint density at radius 2 is 1.88 bits per heavy atom. The van der Waals surface area contributed by atoms with Crippen LogP contribution in [0.15, 0.2) is 50.7 Å². The summed E-state index contributed by atoms with van der Waals surface area (Å²) in [6, 6.07) is 7.07. The van der Waals surface area contributed by atoms with Crippen LogP contribution in [-0.4, -0.2) is 58.9 Å². The van der Waals surface area contributed by atoms with E-state index >= 15 is 0 Å². The van der Waals surface area contributed by atoms with Crippen molar-refractivity contribution < 1.29 is 23.2 Å². The van der Waals surface area contributed by atoms with E-state index < -0.39 is 11.7 Å². The Bertz CT molecular complexity index is 938. The second-order valence-corrected chi connectivity index (χ2v) is 9.19. The molecule has 1 N–H and O–H groups in total. The number of nitrogens with zero attached hydrogens (tertiary/aromatic N) is 3. The molecule has 0 saturated carbocycles. The average molecular weight is 443 g/mol. The summed E-state index contributed by atoms with van der Waals surface area (Å²) in [4.78, 5) is 27.3. The molecule has 1 unspecified atom stereocenters. The van der Waals surface area contributed by atoms with Gasteiger partial charge in [-0.15, -0.1) is 0 Å². The molecule has 2 aliphatic rings. The zero-order chi connectivity index (χ0) is 22.7. The fraction of sp³-hybridized carbons (Fsp3) is 0.522. The van der Waals surface area contributed by atoms with E-state index in [9.17, 15) is 9.59 Å². The molecule has 2 aliphatic heterocycles. The number of likely N-dealkylation sites (tertiary alicyclic amines) is 1. The Hall–Kier alpha value is -3.07. The first kappa shape index (κ1) is 22.1. The van der Waals surface area contributed by atoms with E-state index in [1.165, 1.54) is 5.01 Å². The van der Waals surface area contributed by atoms with Gasteiger partial charge in [-0.3, -0.25) is 9.69 Å². The van der Waals surface area contributed by atoms with E-state index in [0.717, 1.165) is 18.6 Å². The van der Waals surface area contributed by atoms with Crippen molar-refractivity contribution in [2.45, 2.75) is 57.7 Å². The van der Waals surface area contributed by atoms with Crippen LogP contribution in [0.3, 0.4) is 0 Å². The van der Waals surface area contributed by atoms with Crippen molar-refractivity contribution in [2.75, 3.05) is 19.6 Å². The highest BCUT2D eigenvalue weighted by molar-refractivity contribution is 6.01. The van der Waals surface area contributed by atoms with Crippen molar-refractivity contribution in [3.05, 3.63) is 48.3 Å². The van der Waals surface area contributed by atoms with Gasteiger partial charge < -0.3 is 18.9 Å². The number of hydrogen-bond donors (Lipinski definition) is 1. The number of rotatable bonds is 5. The molecule has 1 atom stereocenters. The summed E-state index contributed by atoms with van der Waals surface area (Å²) in [5.74, 6) is 1.27. The summed E-state index contributed by atoms with van der Waals surface area (Å²) in [7, 11) is 0. The smallest absolute Gasteiger partial charge is 0.407 e. The topological polar surface area (TPSA) is 101 Å². The number of carbonyl (C=O) groups excluding carboxylic acids is 2. The van der Waals surface area contributed by atoms with E-state index in [1.54, 1.807) is 18.6 Å². The van der Waals surface area contributed by atoms with Gasteiger partial charge in [-0.05, 0) is 57.9 Å². The second kappa shape index (κ2) is 9.20. The molecule has 9 heteroatoms. The third-order valence-electron chi connectivity index (χ3n) is 5.51. The van der Waals surface area contributed by atoms with Crippen molar-refractivity contribution in [3.63, 3.8) is 0 Å². The van der Waals surface area contributed by atoms with Gasteiger partial charge >= 0.3 is 6.09 Å². The zero-order valence-corrected chi connectivity index (χ0v) is 18.7. The summed E-state index contributed by atoms with van der Waals surface area (Å²) >= 11 is 0. The van der Waals surface area contributed by atoms with Gasteiger partial charge in [-0.1, -0.05) is 0 Å². The minimum absolute atomic E-state index is 0.0439. The monoisotopic (exact) mass is 442 g/mol. The third kappa shape index (κ3) is 5.40. The molecule has 2 amide bonds. The lowest BCUT2D eigenvalue weighted by molar-refractivity contribution is -0.134. The quantitative estimate of drug-likeness (QED) is 0.760. The first-order valence-corrected chi connectivity index (χ1v) is 11.0. The van der Waals surface area contributed by atoms with Gasteiger partial charge in [0.2, 0.25) is 0 Å². The molecule has 0 aromatic carbocycles. The zero-order valence-electron chi connectivity index (χ0n) is 18.7. The molecule has 0 aliphatic carbocycles. The normalized spacial score (nSPS) is 20.3. The molecule has 4 rings (SSSR count). The molecule has 1 saturated heterocycles. The fourth-order valence-corrected chi connectivity index (χ4v) is 4.01. The Morgan fingerprint density at radius 1 is 1.16 bits per heavy atom. The molecule has 1 fully saturated rings. The Morgan fingerprint density at radius 3 is 2.50 bits per heavy atom. The number of amides is 2. The standard InChI is InChI=1S/C23H30N4O5/c1-23(2,3)32-22(29)24-16-8-10-26(11-9-16)15-21(28)27-18(20-7-5-13-31-20)14-17(25-27)19-6-4-12-30-19/h4-7,12-13,16,18H,8-11,14-15H2,1-3H3,(H,24,29). The van der Waals surface area contributed by atoms with Gasteiger partial charge in [0.1, 0.15) is 28.9 Å². The van der Waals surface area contributed by atoms with E-state index in [0.29, 0.717) is 31.0 Å². The van der Waals surface area contributed by atoms with Gasteiger partial charge in [0.05, 0.1) is 19.1 Å². The number of hydrazone groups is 1. The van der Waals surface area contributed by atoms with Gasteiger partial charge in [-0.25, -0.2) is 9.80 Å². The summed E-state index contributed by atoms with van der Waals surface area (Å²) < 4.78 is 16.4. The van der Waals surface area contributed by atoms with Crippen LogP contribution >= 0.6 is 0 Å². The Balaban J connectivity index is 1.34. The maximum absolute atomic E-state index is 13.2. The number of ether oxygens (including phenoxy) is 1. The fourth-order valence-electron chi connectivity index (χ4n) is 4.01. The summed E-state index contributed by atoms with van der Waals surface area (Å²) in [6.07, 6.45) is 4.86. The van der Waals surface area contributed by atoms with E-state index in [4.69, 9.17) is 13.6 Å². The van der Waals surface area contributed by atoms with Crippen LogP contribution in [0.2, 0.25) is 0 Å². The van der Waals surface area contributed by atoms with Crippen LogP contribution < -0.4 is 5.32 Å². The van der Waals surface area contributed by atoms with Crippen LogP contribution in [0.4, 0.5) is 4.79 Å². The molecule has 172 valence electrons. The molecular weight excluding hydrogens is 412 g/mol. The number of nitrogens with one attached hydrogen (secondary N) is 1. The van der Waals surface area contributed by atoms with Crippen LogP contribution in [0, 0.1) is 0 Å². The van der Waals surface area contributed by atoms with E-state index in [1.807, 2.05) is 39.0 Å². The maximum atomic E-state index is 13.2. The summed E-state index contributed by atoms with van der Waals surface area (Å²) in [5.41, 5.74) is 0.206. The lowest BCUT2D eigenvalue weighted by atomic mass is 10.0. The van der Waals surface area contributed by atoms with Crippen LogP contribution in [-0.2, 0) is 9.53 Å².